The van der Waals surface area contributed by atoms with Crippen molar-refractivity contribution in [3.05, 3.63) is 0 Å². The van der Waals surface area contributed by atoms with Crippen molar-refractivity contribution in [2.24, 2.45) is 5.92 Å². The standard InChI is InChI=1S/C15H26N4O7S/c1-3-4-5-6-10(2)13(20)16-17-14(21)12-8-7-11-9-18(12)15(22)19(11)26-27(23,24)25/h10-12H,3-9H2,1-2H3,(H,16,20)(H,17,21)(H,23,24,25)/t10?,11-,12+/m1/s1. The molecule has 12 heteroatoms. The number of hydroxylamine groups is 2. The summed E-state index contributed by atoms with van der Waals surface area (Å²) in [5.74, 6) is -1.12. The van der Waals surface area contributed by atoms with Crippen LogP contribution in [-0.4, -0.2) is 59.4 Å². The maximum Gasteiger partial charge on any atom is 0.418 e. The lowest BCUT2D eigenvalue weighted by atomic mass is 10.0. The van der Waals surface area contributed by atoms with Crippen molar-refractivity contribution in [3.8, 4) is 0 Å². The van der Waals surface area contributed by atoms with E-state index in [1.165, 1.54) is 0 Å². The number of nitrogens with zero attached hydrogens (tertiary/aromatic N) is 2. The molecule has 0 aromatic carbocycles. The van der Waals surface area contributed by atoms with E-state index in [1.807, 2.05) is 0 Å². The number of hydrogen-bond acceptors (Lipinski definition) is 6. The minimum atomic E-state index is -4.84. The average molecular weight is 406 g/mol. The van der Waals surface area contributed by atoms with Crippen LogP contribution in [0.3, 0.4) is 0 Å². The first kappa shape index (κ1) is 21.4. The van der Waals surface area contributed by atoms with Crippen molar-refractivity contribution in [2.45, 2.75) is 64.5 Å². The molecule has 27 heavy (non-hydrogen) atoms. The molecule has 0 spiro atoms. The second kappa shape index (κ2) is 8.85. The summed E-state index contributed by atoms with van der Waals surface area (Å²) >= 11 is 0. The van der Waals surface area contributed by atoms with Crippen molar-refractivity contribution >= 4 is 28.2 Å². The molecule has 3 atom stereocenters. The minimum absolute atomic E-state index is 0.0911. The molecule has 0 aromatic rings. The van der Waals surface area contributed by atoms with Gasteiger partial charge in [-0.1, -0.05) is 33.1 Å². The van der Waals surface area contributed by atoms with Crippen molar-refractivity contribution in [2.75, 3.05) is 6.54 Å². The normalized spacial score (nSPS) is 23.3. The SMILES string of the molecule is CCCCCC(C)C(=O)NNC(=O)[C@@H]1CC[C@@H]2CN1C(=O)N2OS(=O)(=O)O. The third-order valence-corrected chi connectivity index (χ3v) is 5.15. The first-order valence-corrected chi connectivity index (χ1v) is 10.4. The topological polar surface area (TPSA) is 145 Å². The van der Waals surface area contributed by atoms with Crippen LogP contribution in [0.2, 0.25) is 0 Å². The predicted molar refractivity (Wildman–Crippen MR) is 93.0 cm³/mol. The van der Waals surface area contributed by atoms with Crippen LogP contribution in [-0.2, 0) is 24.3 Å². The van der Waals surface area contributed by atoms with Gasteiger partial charge in [0.1, 0.15) is 6.04 Å². The number of rotatable bonds is 8. The van der Waals surface area contributed by atoms with Gasteiger partial charge in [-0.25, -0.2) is 4.79 Å². The summed E-state index contributed by atoms with van der Waals surface area (Å²) in [6.07, 6.45) is 4.32. The van der Waals surface area contributed by atoms with Crippen molar-refractivity contribution in [3.63, 3.8) is 0 Å². The Morgan fingerprint density at radius 2 is 2.00 bits per heavy atom. The maximum atomic E-state index is 12.4. The summed E-state index contributed by atoms with van der Waals surface area (Å²) in [6.45, 7) is 3.94. The minimum Gasteiger partial charge on any atom is -0.309 e. The van der Waals surface area contributed by atoms with Gasteiger partial charge in [-0.2, -0.15) is 13.5 Å². The molecule has 0 aromatic heterocycles. The van der Waals surface area contributed by atoms with Crippen LogP contribution in [0.25, 0.3) is 0 Å². The maximum absolute atomic E-state index is 12.4. The fraction of sp³-hybridized carbons (Fsp3) is 0.800. The van der Waals surface area contributed by atoms with Gasteiger partial charge in [0.2, 0.25) is 5.91 Å². The van der Waals surface area contributed by atoms with Gasteiger partial charge in [-0.05, 0) is 19.3 Å². The van der Waals surface area contributed by atoms with Gasteiger partial charge in [0, 0.05) is 12.5 Å². The number of hydrazine groups is 1. The molecule has 2 fully saturated rings. The molecule has 1 unspecified atom stereocenters. The van der Waals surface area contributed by atoms with Crippen LogP contribution >= 0.6 is 0 Å². The highest BCUT2D eigenvalue weighted by molar-refractivity contribution is 7.80. The highest BCUT2D eigenvalue weighted by atomic mass is 32.3. The molecular weight excluding hydrogens is 380 g/mol. The Hall–Kier alpha value is -1.92. The monoisotopic (exact) mass is 406 g/mol. The smallest absolute Gasteiger partial charge is 0.309 e. The van der Waals surface area contributed by atoms with E-state index in [9.17, 15) is 22.8 Å². The summed E-state index contributed by atoms with van der Waals surface area (Å²) in [5, 5.41) is 0.566. The number of carbonyl (C=O) groups is 3. The Kier molecular flexibility index (Phi) is 7.00. The zero-order valence-electron chi connectivity index (χ0n) is 15.4. The second-order valence-electron chi connectivity index (χ2n) is 6.89. The molecule has 2 bridgehead atoms. The number of piperidine rings is 1. The van der Waals surface area contributed by atoms with Crippen LogP contribution < -0.4 is 10.9 Å². The predicted octanol–water partition coefficient (Wildman–Crippen LogP) is 0.353. The van der Waals surface area contributed by atoms with E-state index >= 15 is 0 Å². The fourth-order valence-corrected chi connectivity index (χ4v) is 3.65. The van der Waals surface area contributed by atoms with Crippen LogP contribution in [0.15, 0.2) is 0 Å². The summed E-state index contributed by atoms with van der Waals surface area (Å²) in [7, 11) is -4.84. The molecule has 0 radical (unpaired) electrons. The van der Waals surface area contributed by atoms with E-state index in [4.69, 9.17) is 4.55 Å². The zero-order valence-corrected chi connectivity index (χ0v) is 16.2. The molecule has 3 N–H and O–H groups in total. The van der Waals surface area contributed by atoms with E-state index in [0.717, 1.165) is 24.2 Å². The number of fused-ring (bicyclic) bond motifs is 2. The molecule has 2 saturated heterocycles. The Morgan fingerprint density at radius 1 is 1.30 bits per heavy atom. The van der Waals surface area contributed by atoms with Gasteiger partial charge >= 0.3 is 16.4 Å². The summed E-state index contributed by atoms with van der Waals surface area (Å²) in [6, 6.07) is -2.26. The van der Waals surface area contributed by atoms with Gasteiger partial charge < -0.3 is 4.90 Å². The van der Waals surface area contributed by atoms with Gasteiger partial charge in [0.15, 0.2) is 0 Å². The molecule has 0 aliphatic carbocycles. The van der Waals surface area contributed by atoms with Crippen LogP contribution in [0.5, 0.6) is 0 Å². The third-order valence-electron chi connectivity index (χ3n) is 4.80. The molecule has 2 aliphatic heterocycles. The molecule has 0 saturated carbocycles. The highest BCUT2D eigenvalue weighted by Gasteiger charge is 2.49. The lowest BCUT2D eigenvalue weighted by Gasteiger charge is -2.29. The highest BCUT2D eigenvalue weighted by Crippen LogP contribution is 2.30. The Bertz CT molecular complexity index is 684. The van der Waals surface area contributed by atoms with Gasteiger partial charge in [-0.15, -0.1) is 4.28 Å². The van der Waals surface area contributed by atoms with Gasteiger partial charge in [-0.3, -0.25) is 25.0 Å². The number of hydrogen-bond donors (Lipinski definition) is 3. The van der Waals surface area contributed by atoms with E-state index in [0.29, 0.717) is 17.9 Å². The number of carbonyl (C=O) groups excluding carboxylic acids is 3. The number of nitrogens with one attached hydrogen (secondary N) is 2. The molecule has 154 valence electrons. The number of amides is 4. The summed E-state index contributed by atoms with van der Waals surface area (Å²) < 4.78 is 34.8. The molecule has 11 nitrogen and oxygen atoms in total. The van der Waals surface area contributed by atoms with Crippen LogP contribution in [0.1, 0.15) is 52.4 Å². The fourth-order valence-electron chi connectivity index (χ4n) is 3.27. The van der Waals surface area contributed by atoms with E-state index in [-0.39, 0.29) is 24.8 Å². The number of unbranched alkanes of at least 4 members (excludes halogenated alkanes) is 2. The molecule has 2 rings (SSSR count). The molecule has 4 amide bonds. The lowest BCUT2D eigenvalue weighted by molar-refractivity contribution is -0.133. The van der Waals surface area contributed by atoms with Gasteiger partial charge in [0.25, 0.3) is 5.91 Å². The molecule has 2 aliphatic rings. The lowest BCUT2D eigenvalue weighted by Crippen LogP contribution is -2.54. The first-order chi connectivity index (χ1) is 12.6. The van der Waals surface area contributed by atoms with Crippen LogP contribution in [0, 0.1) is 5.92 Å². The van der Waals surface area contributed by atoms with Crippen molar-refractivity contribution in [1.82, 2.24) is 20.8 Å². The quantitative estimate of drug-likeness (QED) is 0.300. The Labute approximate surface area is 158 Å². The van der Waals surface area contributed by atoms with Crippen molar-refractivity contribution in [1.29, 1.82) is 0 Å². The average Bonchev–Trinajstić information content (AvgIpc) is 2.83. The molecular formula is C15H26N4O7S. The zero-order chi connectivity index (χ0) is 20.2. The Morgan fingerprint density at radius 3 is 2.63 bits per heavy atom. The first-order valence-electron chi connectivity index (χ1n) is 9.00. The largest absolute Gasteiger partial charge is 0.418 e. The number of urea groups is 1. The summed E-state index contributed by atoms with van der Waals surface area (Å²) in [4.78, 5) is 37.8. The van der Waals surface area contributed by atoms with E-state index in [2.05, 4.69) is 22.1 Å². The summed E-state index contributed by atoms with van der Waals surface area (Å²) in [5.41, 5.74) is 4.70. The second-order valence-corrected chi connectivity index (χ2v) is 7.89. The third kappa shape index (κ3) is 5.53. The van der Waals surface area contributed by atoms with Gasteiger partial charge in [0.05, 0.1) is 6.04 Å². The van der Waals surface area contributed by atoms with Crippen LogP contribution in [0.4, 0.5) is 4.79 Å². The van der Waals surface area contributed by atoms with E-state index < -0.39 is 34.4 Å². The Balaban J connectivity index is 1.87. The van der Waals surface area contributed by atoms with E-state index in [1.54, 1.807) is 6.92 Å². The van der Waals surface area contributed by atoms with Crippen molar-refractivity contribution < 1.29 is 31.6 Å². The molecule has 2 heterocycles.